The quantitative estimate of drug-likeness (QED) is 0.0189. The van der Waals surface area contributed by atoms with Gasteiger partial charge < -0.3 is 101 Å². The summed E-state index contributed by atoms with van der Waals surface area (Å²) in [5, 5.41) is 57.7. The van der Waals surface area contributed by atoms with Gasteiger partial charge in [-0.15, -0.1) is 0 Å². The zero-order valence-electron chi connectivity index (χ0n) is 43.9. The predicted octanol–water partition coefficient (Wildman–Crippen LogP) is 8.32. The number of nitrogens with two attached hydrogens (primary N) is 1. The molecular formula is C45H64N6O20S3Y3-6. The van der Waals surface area contributed by atoms with E-state index in [-0.39, 0.29) is 149 Å². The third kappa shape index (κ3) is 51.4. The molecule has 0 bridgehead atoms. The number of benzene rings is 3. The van der Waals surface area contributed by atoms with Crippen LogP contribution in [-0.2, 0) is 136 Å². The van der Waals surface area contributed by atoms with Crippen molar-refractivity contribution in [2.75, 3.05) is 24.4 Å². The van der Waals surface area contributed by atoms with E-state index < -0.39 is 74.4 Å². The molecule has 5 rings (SSSR count). The van der Waals surface area contributed by atoms with Crippen LogP contribution in [0.1, 0.15) is 41.5 Å². The van der Waals surface area contributed by atoms with Gasteiger partial charge in [0.2, 0.25) is 0 Å². The number of nitrogens with one attached hydrogen (secondary N) is 1. The van der Waals surface area contributed by atoms with E-state index in [1.54, 1.807) is 102 Å². The van der Waals surface area contributed by atoms with E-state index in [2.05, 4.69) is 34.2 Å². The number of thiol groups is 1. The summed E-state index contributed by atoms with van der Waals surface area (Å²) in [5.41, 5.74) is 3.96. The molecule has 6 N–H and O–H groups in total. The van der Waals surface area contributed by atoms with Crippen LogP contribution in [0, 0.1) is 64.4 Å². The van der Waals surface area contributed by atoms with E-state index >= 15 is 0 Å². The molecule has 77 heavy (non-hydrogen) atoms. The predicted molar refractivity (Wildman–Crippen MR) is 282 cm³/mol. The first-order valence-corrected chi connectivity index (χ1v) is 22.3. The molecule has 2 saturated heterocycles. The number of carboxylic acid groups (broad SMARTS) is 3. The topological polar surface area (TPSA) is 388 Å². The van der Waals surface area contributed by atoms with Crippen molar-refractivity contribution in [2.45, 2.75) is 70.9 Å². The number of para-hydroxylation sites is 3. The SMILES string of the molecule is CC(C)(C)OC(=O)OC(=O)OC(C)(C)C.COC(=O)N1[CH-]SCC1C(=O)O.NC(CS)C(=O)O.O=C(O)C1CS[CH-]N1.O=[N+]([O-])c1ccccc1.O=[N+]([O-])c1ccccc1.O=[N+]([O-])c1ccccc1.[CH-]=O.[CH3-].[CH3-].[CH3-].[Y].[Y].[Y]. The van der Waals surface area contributed by atoms with Crippen molar-refractivity contribution in [1.29, 1.82) is 0 Å². The first-order valence-electron chi connectivity index (χ1n) is 19.6. The molecule has 3 unspecified atom stereocenters. The van der Waals surface area contributed by atoms with Gasteiger partial charge in [0, 0.05) is 140 Å². The number of carboxylic acids is 3. The Hall–Kier alpha value is -3.77. The number of amides is 1. The Balaban J connectivity index is -0.0000000993. The number of ether oxygens (including phenoxy) is 4. The number of nitro benzene ring substituents is 3. The van der Waals surface area contributed by atoms with Crippen molar-refractivity contribution in [1.82, 2.24) is 10.2 Å². The van der Waals surface area contributed by atoms with Gasteiger partial charge >= 0.3 is 36.3 Å². The van der Waals surface area contributed by atoms with Crippen molar-refractivity contribution in [3.63, 3.8) is 0 Å². The Bertz CT molecular complexity index is 1950. The maximum atomic E-state index is 11.0. The van der Waals surface area contributed by atoms with E-state index in [1.807, 2.05) is 0 Å². The van der Waals surface area contributed by atoms with E-state index in [0.717, 1.165) is 4.90 Å². The molecule has 0 aromatic heterocycles. The van der Waals surface area contributed by atoms with Gasteiger partial charge in [0.1, 0.15) is 23.3 Å². The molecule has 32 heteroatoms. The fourth-order valence-electron chi connectivity index (χ4n) is 3.64. The van der Waals surface area contributed by atoms with Crippen LogP contribution < -0.4 is 11.1 Å². The Kier molecular flexibility index (Phi) is 63.6. The molecule has 3 atom stereocenters. The summed E-state index contributed by atoms with van der Waals surface area (Å²) in [6.45, 7) is 13.3. The molecule has 3 aromatic carbocycles. The summed E-state index contributed by atoms with van der Waals surface area (Å²) in [6.07, 6.45) is -2.75. The van der Waals surface area contributed by atoms with Crippen molar-refractivity contribution in [3.8, 4) is 0 Å². The molecule has 2 aliphatic heterocycles. The third-order valence-corrected chi connectivity index (χ3v) is 8.83. The number of nitrogens with zero attached hydrogens (tertiary/aromatic N) is 4. The number of non-ortho nitro benzene ring substituents is 3. The van der Waals surface area contributed by atoms with Crippen LogP contribution >= 0.6 is 36.2 Å². The second-order valence-corrected chi connectivity index (χ2v) is 16.8. The van der Waals surface area contributed by atoms with Crippen LogP contribution in [-0.4, -0.2) is 132 Å². The van der Waals surface area contributed by atoms with Crippen LogP contribution in [0.3, 0.4) is 0 Å². The van der Waals surface area contributed by atoms with E-state index in [9.17, 15) is 59.1 Å². The van der Waals surface area contributed by atoms with Gasteiger partial charge in [0.05, 0.1) is 27.9 Å². The van der Waals surface area contributed by atoms with Crippen LogP contribution in [0.5, 0.6) is 0 Å². The van der Waals surface area contributed by atoms with Crippen molar-refractivity contribution >= 4 is 96.3 Å². The summed E-state index contributed by atoms with van der Waals surface area (Å²) >= 11 is 6.42. The van der Waals surface area contributed by atoms with Gasteiger partial charge in [-0.05, 0) is 53.0 Å². The van der Waals surface area contributed by atoms with Crippen LogP contribution in [0.2, 0.25) is 0 Å². The standard InChI is InChI=1S/C10H18O5.C6H8NO4S.3C6H5NO2.C4H6NO2S.C3H7NO2S.CHO.3CH3.3Y/c1-9(2,3)14-7(11)13-8(12)15-10(4,5)6;1-11-6(10)7-3-12-2-4(7)5(8)9;3*8-7(9)6-4-2-1-3-5-6;6-4(7)3-1-8-2-5-3;4-2(1-7)3(5)6;1-2;;;;;;/h1-6H3;3-4H,2H2,1H3,(H,8,9);3*1-5H;2-3,5H,1H2,(H,6,7);2,7H,1,4H2,(H,5,6);1H;3*1H3;;;/q;-1;;;;-1;;4*-1;;;. The van der Waals surface area contributed by atoms with Crippen LogP contribution in [0.15, 0.2) is 91.0 Å². The Morgan fingerprint density at radius 1 is 0.701 bits per heavy atom. The van der Waals surface area contributed by atoms with Crippen LogP contribution in [0.4, 0.5) is 31.4 Å². The van der Waals surface area contributed by atoms with Crippen molar-refractivity contribution in [2.24, 2.45) is 5.73 Å². The number of hydrogen-bond donors (Lipinski definition) is 6. The molecule has 2 fully saturated rings. The van der Waals surface area contributed by atoms with Gasteiger partial charge in [-0.25, -0.2) is 20.3 Å². The number of aliphatic carboxylic acids is 3. The number of rotatable bonds is 7. The first-order chi connectivity index (χ1) is 33.1. The molecule has 2 aliphatic rings. The monoisotopic (exact) mass is 1370 g/mol. The molecular weight excluding hydrogens is 1310 g/mol. The second-order valence-electron chi connectivity index (χ2n) is 14.6. The van der Waals surface area contributed by atoms with Gasteiger partial charge in [0.25, 0.3) is 17.1 Å². The summed E-state index contributed by atoms with van der Waals surface area (Å²) in [6, 6.07) is 21.8. The van der Waals surface area contributed by atoms with E-state index in [0.29, 0.717) is 11.5 Å². The zero-order valence-corrected chi connectivity index (χ0v) is 54.9. The van der Waals surface area contributed by atoms with Crippen molar-refractivity contribution < 1.29 is 181 Å². The minimum Gasteiger partial charge on any atom is -0.545 e. The average Bonchev–Trinajstić information content (AvgIpc) is 4.05. The molecule has 2 heterocycles. The molecule has 3 radical (unpaired) electrons. The minimum atomic E-state index is -1.06. The zero-order chi connectivity index (χ0) is 55.3. The smallest absolute Gasteiger partial charge is 0.519 e. The van der Waals surface area contributed by atoms with Crippen molar-refractivity contribution in [3.05, 3.63) is 155 Å². The maximum absolute atomic E-state index is 11.0. The largest absolute Gasteiger partial charge is 0.545 e. The molecule has 0 spiro atoms. The van der Waals surface area contributed by atoms with Crippen LogP contribution in [0.25, 0.3) is 0 Å². The fourth-order valence-corrected chi connectivity index (χ4v) is 5.55. The van der Waals surface area contributed by atoms with Gasteiger partial charge in [-0.2, -0.15) is 18.5 Å². The maximum Gasteiger partial charge on any atom is 0.519 e. The number of methoxy groups -OCH3 is 1. The molecule has 0 saturated carbocycles. The van der Waals surface area contributed by atoms with E-state index in [4.69, 9.17) is 35.3 Å². The number of carbonyl (C=O) groups is 6. The Morgan fingerprint density at radius 2 is 1.04 bits per heavy atom. The van der Waals surface area contributed by atoms with Gasteiger partial charge in [0.15, 0.2) is 0 Å². The van der Waals surface area contributed by atoms with Gasteiger partial charge in [-0.1, -0.05) is 54.6 Å². The summed E-state index contributed by atoms with van der Waals surface area (Å²) in [4.78, 5) is 101. The summed E-state index contributed by atoms with van der Waals surface area (Å²) in [7, 11) is 1.22. The summed E-state index contributed by atoms with van der Waals surface area (Å²) in [5.74, 6) is 1.60. The number of thioether (sulfide) groups is 2. The molecule has 1 amide bonds. The normalized spacial score (nSPS) is 13.1. The summed E-state index contributed by atoms with van der Waals surface area (Å²) < 4.78 is 18.2. The number of hydrogen-bond acceptors (Lipinski definition) is 22. The second kappa shape index (κ2) is 52.9. The number of carbonyl (C=O) groups excluding carboxylic acids is 4. The number of nitro groups is 3. The molecule has 0 aliphatic carbocycles. The minimum absolute atomic E-state index is 0. The van der Waals surface area contributed by atoms with Gasteiger partial charge in [-0.3, -0.25) is 51.5 Å². The third-order valence-electron chi connectivity index (χ3n) is 6.72. The van der Waals surface area contributed by atoms with E-state index in [1.165, 1.54) is 72.9 Å². The molecule has 427 valence electrons. The Labute approximate surface area is 538 Å². The molecule has 3 aromatic rings. The fraction of sp³-hybridized carbons (Fsp3) is 0.333. The average molecular weight is 1370 g/mol. The first kappa shape index (κ1) is 92.6. The molecule has 26 nitrogen and oxygen atoms in total. The Morgan fingerprint density at radius 3 is 1.22 bits per heavy atom.